The zero-order chi connectivity index (χ0) is 23.8. The van der Waals surface area contributed by atoms with Gasteiger partial charge in [-0.2, -0.15) is 0 Å². The normalized spacial score (nSPS) is 12.2. The maximum Gasteiger partial charge on any atom is 0.0527 e. The molecular weight excluding hydrogens is 420 g/mol. The quantitative estimate of drug-likeness (QED) is 0.151. The first-order valence-corrected chi connectivity index (χ1v) is 14.2. The van der Waals surface area contributed by atoms with Crippen LogP contribution in [0.15, 0.2) is 60.7 Å². The Morgan fingerprint density at radius 1 is 0.515 bits per heavy atom. The predicted octanol–water partition coefficient (Wildman–Crippen LogP) is 10.9. The van der Waals surface area contributed by atoms with Crippen molar-refractivity contribution in [3.63, 3.8) is 0 Å². The predicted molar refractivity (Wildman–Crippen MR) is 149 cm³/mol. The lowest BCUT2D eigenvalue weighted by Crippen LogP contribution is -2.44. The van der Waals surface area contributed by atoms with Crippen molar-refractivity contribution < 1.29 is 0 Å². The van der Waals surface area contributed by atoms with Gasteiger partial charge in [-0.1, -0.05) is 157 Å². The van der Waals surface area contributed by atoms with Crippen molar-refractivity contribution in [1.82, 2.24) is 0 Å². The molecule has 0 amide bonds. The third-order valence-electron chi connectivity index (χ3n) is 7.45. The van der Waals surface area contributed by atoms with E-state index < -0.39 is 0 Å². The van der Waals surface area contributed by atoms with Gasteiger partial charge in [0.05, 0.1) is 4.87 Å². The Kier molecular flexibility index (Phi) is 13.2. The average molecular weight is 469 g/mol. The van der Waals surface area contributed by atoms with E-state index in [-0.39, 0.29) is 10.3 Å². The zero-order valence-corrected chi connectivity index (χ0v) is 22.5. The number of alkyl halides is 1. The summed E-state index contributed by atoms with van der Waals surface area (Å²) in [5, 5.41) is 0. The molecule has 0 aliphatic rings. The molecule has 0 unspecified atom stereocenters. The number of benzene rings is 2. The fraction of sp³-hybridized carbons (Fsp3) is 0.625. The van der Waals surface area contributed by atoms with Gasteiger partial charge in [-0.15, -0.1) is 11.6 Å². The molecule has 0 saturated carbocycles. The summed E-state index contributed by atoms with van der Waals surface area (Å²) in [6, 6.07) is 21.9. The van der Waals surface area contributed by atoms with Crippen molar-refractivity contribution in [3.05, 3.63) is 71.8 Å². The molecule has 2 rings (SSSR count). The Labute approximate surface area is 210 Å². The molecule has 0 aliphatic carbocycles. The SMILES string of the molecule is CCCCCCCCCCCCCCCCC(c1ccccc1)(c1ccccc1)C(C)(C)Cl. The molecule has 0 nitrogen and oxygen atoms in total. The molecule has 2 aromatic rings. The van der Waals surface area contributed by atoms with E-state index in [0.29, 0.717) is 0 Å². The first-order chi connectivity index (χ1) is 16.0. The van der Waals surface area contributed by atoms with E-state index >= 15 is 0 Å². The van der Waals surface area contributed by atoms with Gasteiger partial charge in [0.15, 0.2) is 0 Å². The summed E-state index contributed by atoms with van der Waals surface area (Å²) < 4.78 is 0. The van der Waals surface area contributed by atoms with E-state index in [0.717, 1.165) is 6.42 Å². The van der Waals surface area contributed by atoms with E-state index in [4.69, 9.17) is 11.6 Å². The molecule has 33 heavy (non-hydrogen) atoms. The van der Waals surface area contributed by atoms with Crippen LogP contribution in [0.5, 0.6) is 0 Å². The largest absolute Gasteiger partial charge is 0.119 e. The van der Waals surface area contributed by atoms with Gasteiger partial charge >= 0.3 is 0 Å². The summed E-state index contributed by atoms with van der Waals surface area (Å²) in [6.45, 7) is 6.68. The molecule has 0 saturated heterocycles. The Hall–Kier alpha value is -1.27. The smallest absolute Gasteiger partial charge is 0.0527 e. The number of hydrogen-bond donors (Lipinski definition) is 0. The highest BCUT2D eigenvalue weighted by Gasteiger charge is 2.46. The van der Waals surface area contributed by atoms with Crippen LogP contribution >= 0.6 is 11.6 Å². The highest BCUT2D eigenvalue weighted by Crippen LogP contribution is 2.49. The third kappa shape index (κ3) is 9.12. The molecule has 0 fully saturated rings. The second-order valence-electron chi connectivity index (χ2n) is 10.5. The minimum absolute atomic E-state index is 0.172. The van der Waals surface area contributed by atoms with Crippen LogP contribution in [0.1, 0.15) is 128 Å². The number of hydrogen-bond acceptors (Lipinski definition) is 0. The van der Waals surface area contributed by atoms with Crippen LogP contribution in [-0.2, 0) is 5.41 Å². The van der Waals surface area contributed by atoms with Gasteiger partial charge in [-0.3, -0.25) is 0 Å². The van der Waals surface area contributed by atoms with Crippen LogP contribution in [0.4, 0.5) is 0 Å². The molecule has 0 aliphatic heterocycles. The van der Waals surface area contributed by atoms with E-state index in [2.05, 4.69) is 81.4 Å². The van der Waals surface area contributed by atoms with Gasteiger partial charge in [-0.05, 0) is 31.4 Å². The maximum atomic E-state index is 7.18. The number of rotatable bonds is 18. The van der Waals surface area contributed by atoms with Crippen LogP contribution in [0, 0.1) is 0 Å². The summed E-state index contributed by atoms with van der Waals surface area (Å²) in [7, 11) is 0. The highest BCUT2D eigenvalue weighted by atomic mass is 35.5. The van der Waals surface area contributed by atoms with Crippen LogP contribution in [0.25, 0.3) is 0 Å². The Morgan fingerprint density at radius 3 is 1.18 bits per heavy atom. The molecule has 1 heteroatoms. The lowest BCUT2D eigenvalue weighted by atomic mass is 9.63. The first kappa shape index (κ1) is 28.0. The Morgan fingerprint density at radius 2 is 0.848 bits per heavy atom. The summed E-state index contributed by atoms with van der Waals surface area (Å²) in [6.07, 6.45) is 20.6. The molecule has 0 aromatic heterocycles. The fourth-order valence-electron chi connectivity index (χ4n) is 5.47. The monoisotopic (exact) mass is 468 g/mol. The van der Waals surface area contributed by atoms with Crippen LogP contribution < -0.4 is 0 Å². The summed E-state index contributed by atoms with van der Waals surface area (Å²) >= 11 is 7.18. The van der Waals surface area contributed by atoms with E-state index in [1.165, 1.54) is 101 Å². The lowest BCUT2D eigenvalue weighted by Gasteiger charge is -2.44. The van der Waals surface area contributed by atoms with Crippen molar-refractivity contribution in [2.45, 2.75) is 127 Å². The molecule has 2 aromatic carbocycles. The van der Waals surface area contributed by atoms with Crippen molar-refractivity contribution in [3.8, 4) is 0 Å². The van der Waals surface area contributed by atoms with Gasteiger partial charge in [0.1, 0.15) is 0 Å². The molecular formula is C32H49Cl. The molecule has 0 N–H and O–H groups in total. The maximum absolute atomic E-state index is 7.18. The molecule has 0 atom stereocenters. The summed E-state index contributed by atoms with van der Waals surface area (Å²) in [5.74, 6) is 0. The van der Waals surface area contributed by atoms with Gasteiger partial charge in [0.2, 0.25) is 0 Å². The minimum atomic E-state index is -0.369. The summed E-state index contributed by atoms with van der Waals surface area (Å²) in [5.41, 5.74) is 2.51. The molecule has 0 spiro atoms. The van der Waals surface area contributed by atoms with Crippen molar-refractivity contribution in [2.75, 3.05) is 0 Å². The highest BCUT2D eigenvalue weighted by molar-refractivity contribution is 6.24. The van der Waals surface area contributed by atoms with Crippen molar-refractivity contribution >= 4 is 11.6 Å². The number of unbranched alkanes of at least 4 members (excludes halogenated alkanes) is 13. The van der Waals surface area contributed by atoms with Gasteiger partial charge in [0, 0.05) is 5.41 Å². The van der Waals surface area contributed by atoms with E-state index in [9.17, 15) is 0 Å². The Bertz CT molecular complexity index is 674. The van der Waals surface area contributed by atoms with Crippen LogP contribution in [0.3, 0.4) is 0 Å². The van der Waals surface area contributed by atoms with Crippen LogP contribution in [0.2, 0.25) is 0 Å². The van der Waals surface area contributed by atoms with Crippen molar-refractivity contribution in [1.29, 1.82) is 0 Å². The molecule has 0 heterocycles. The zero-order valence-electron chi connectivity index (χ0n) is 21.8. The minimum Gasteiger partial charge on any atom is -0.119 e. The van der Waals surface area contributed by atoms with E-state index in [1.54, 1.807) is 0 Å². The first-order valence-electron chi connectivity index (χ1n) is 13.8. The Balaban J connectivity index is 1.77. The topological polar surface area (TPSA) is 0 Å². The third-order valence-corrected chi connectivity index (χ3v) is 7.78. The molecule has 184 valence electrons. The second kappa shape index (κ2) is 15.6. The standard InChI is InChI=1S/C32H49Cl/c1-4-5-6-7-8-9-10-11-12-13-14-15-16-23-28-32(31(2,3)33,29-24-19-17-20-25-29)30-26-21-18-22-27-30/h17-22,24-27H,4-16,23,28H2,1-3H3. The average Bonchev–Trinajstić information content (AvgIpc) is 2.82. The summed E-state index contributed by atoms with van der Waals surface area (Å²) in [4.78, 5) is -0.369. The lowest BCUT2D eigenvalue weighted by molar-refractivity contribution is 0.355. The van der Waals surface area contributed by atoms with Gasteiger partial charge in [-0.25, -0.2) is 0 Å². The van der Waals surface area contributed by atoms with E-state index in [1.807, 2.05) is 0 Å². The second-order valence-corrected chi connectivity index (χ2v) is 11.4. The van der Waals surface area contributed by atoms with Gasteiger partial charge < -0.3 is 0 Å². The van der Waals surface area contributed by atoms with Crippen LogP contribution in [-0.4, -0.2) is 4.87 Å². The molecule has 0 radical (unpaired) electrons. The fourth-order valence-corrected chi connectivity index (χ4v) is 5.78. The number of halogens is 1. The molecule has 0 bridgehead atoms. The van der Waals surface area contributed by atoms with Gasteiger partial charge in [0.25, 0.3) is 0 Å². The van der Waals surface area contributed by atoms with Crippen molar-refractivity contribution in [2.24, 2.45) is 0 Å².